The van der Waals surface area contributed by atoms with Crippen LogP contribution in [0.1, 0.15) is 37.7 Å². The Morgan fingerprint density at radius 1 is 1.18 bits per heavy atom. The summed E-state index contributed by atoms with van der Waals surface area (Å²) in [6, 6.07) is 11.3. The van der Waals surface area contributed by atoms with Gasteiger partial charge >= 0.3 is 0 Å². The molecule has 118 valence electrons. The highest BCUT2D eigenvalue weighted by Gasteiger charge is 2.54. The molecule has 1 aromatic rings. The summed E-state index contributed by atoms with van der Waals surface area (Å²) in [4.78, 5) is 2.77. The normalized spacial score (nSPS) is 33.8. The van der Waals surface area contributed by atoms with E-state index in [1.54, 1.807) is 0 Å². The first-order valence-electron chi connectivity index (χ1n) is 8.92. The Hall–Kier alpha value is -1.12. The number of benzene rings is 1. The van der Waals surface area contributed by atoms with E-state index >= 15 is 0 Å². The summed E-state index contributed by atoms with van der Waals surface area (Å²) in [7, 11) is 0. The molecular weight excluding hydrogens is 270 g/mol. The molecule has 1 spiro atoms. The standard InChI is InChI=1S/C20H27NO/c1-2-7-17(8-3-1)16-22-14-10-18-15-21-13-5-4-9-19(21)20(18)11-6-12-20/h1-3,6-8,11,18-19H,4-5,9-10,12-16H2/t18-,19+,20+/m0/s1. The molecule has 22 heavy (non-hydrogen) atoms. The number of hydrogen-bond donors (Lipinski definition) is 0. The Kier molecular flexibility index (Phi) is 4.06. The molecule has 0 aromatic heterocycles. The van der Waals surface area contributed by atoms with Gasteiger partial charge in [-0.05, 0) is 43.7 Å². The average Bonchev–Trinajstić information content (AvgIpc) is 2.87. The number of allylic oxidation sites excluding steroid dienone is 1. The molecule has 1 aliphatic carbocycles. The highest BCUT2D eigenvalue weighted by molar-refractivity contribution is 5.23. The largest absolute Gasteiger partial charge is 0.377 e. The van der Waals surface area contributed by atoms with Gasteiger partial charge in [0.25, 0.3) is 0 Å². The van der Waals surface area contributed by atoms with Gasteiger partial charge in [-0.2, -0.15) is 0 Å². The fourth-order valence-corrected chi connectivity index (χ4v) is 4.83. The summed E-state index contributed by atoms with van der Waals surface area (Å²) >= 11 is 0. The second kappa shape index (κ2) is 6.17. The maximum atomic E-state index is 5.95. The molecule has 0 amide bonds. The van der Waals surface area contributed by atoms with Crippen LogP contribution in [0.2, 0.25) is 0 Å². The van der Waals surface area contributed by atoms with E-state index < -0.39 is 0 Å². The van der Waals surface area contributed by atoms with Crippen LogP contribution < -0.4 is 0 Å². The van der Waals surface area contributed by atoms with Gasteiger partial charge in [0.1, 0.15) is 0 Å². The summed E-state index contributed by atoms with van der Waals surface area (Å²) in [5, 5.41) is 0. The van der Waals surface area contributed by atoms with E-state index in [9.17, 15) is 0 Å². The van der Waals surface area contributed by atoms with Crippen molar-refractivity contribution in [3.05, 3.63) is 48.0 Å². The Bertz CT molecular complexity index is 526. The quantitative estimate of drug-likeness (QED) is 0.601. The van der Waals surface area contributed by atoms with Crippen LogP contribution in [0.15, 0.2) is 42.5 Å². The average molecular weight is 297 g/mol. The first-order chi connectivity index (χ1) is 10.9. The molecule has 3 atom stereocenters. The molecule has 3 aliphatic rings. The number of fused-ring (bicyclic) bond motifs is 2. The van der Waals surface area contributed by atoms with Crippen molar-refractivity contribution in [2.75, 3.05) is 19.7 Å². The predicted molar refractivity (Wildman–Crippen MR) is 89.6 cm³/mol. The summed E-state index contributed by atoms with van der Waals surface area (Å²) in [5.41, 5.74) is 1.78. The summed E-state index contributed by atoms with van der Waals surface area (Å²) < 4.78 is 5.95. The second-order valence-electron chi connectivity index (χ2n) is 7.25. The van der Waals surface area contributed by atoms with E-state index in [2.05, 4.69) is 47.4 Å². The number of hydrogen-bond acceptors (Lipinski definition) is 2. The van der Waals surface area contributed by atoms with Crippen molar-refractivity contribution >= 4 is 0 Å². The third kappa shape index (κ3) is 2.53. The molecule has 1 aromatic carbocycles. The SMILES string of the molecule is C1=C[C@@]2(C1)[C@@H](CCOCc1ccccc1)CN1CCCC[C@@H]12. The molecule has 0 N–H and O–H groups in total. The van der Waals surface area contributed by atoms with E-state index in [0.29, 0.717) is 5.41 Å². The van der Waals surface area contributed by atoms with Gasteiger partial charge in [0.15, 0.2) is 0 Å². The minimum Gasteiger partial charge on any atom is -0.377 e. The van der Waals surface area contributed by atoms with Gasteiger partial charge in [-0.15, -0.1) is 0 Å². The fraction of sp³-hybridized carbons (Fsp3) is 0.600. The van der Waals surface area contributed by atoms with Gasteiger partial charge in [-0.1, -0.05) is 48.9 Å². The predicted octanol–water partition coefficient (Wildman–Crippen LogP) is 4.02. The third-order valence-corrected chi connectivity index (χ3v) is 6.07. The first kappa shape index (κ1) is 14.5. The van der Waals surface area contributed by atoms with E-state index in [4.69, 9.17) is 4.74 Å². The van der Waals surface area contributed by atoms with Gasteiger partial charge in [0, 0.05) is 24.6 Å². The molecule has 2 heterocycles. The molecule has 4 rings (SSSR count). The first-order valence-corrected chi connectivity index (χ1v) is 8.92. The lowest BCUT2D eigenvalue weighted by Crippen LogP contribution is -2.45. The lowest BCUT2D eigenvalue weighted by Gasteiger charge is -2.44. The fourth-order valence-electron chi connectivity index (χ4n) is 4.83. The molecule has 2 nitrogen and oxygen atoms in total. The van der Waals surface area contributed by atoms with Crippen molar-refractivity contribution in [3.8, 4) is 0 Å². The van der Waals surface area contributed by atoms with Gasteiger partial charge < -0.3 is 4.74 Å². The second-order valence-corrected chi connectivity index (χ2v) is 7.25. The van der Waals surface area contributed by atoms with Crippen molar-refractivity contribution < 1.29 is 4.74 Å². The number of piperidine rings is 1. The Balaban J connectivity index is 1.32. The monoisotopic (exact) mass is 297 g/mol. The van der Waals surface area contributed by atoms with Crippen molar-refractivity contribution in [1.82, 2.24) is 4.90 Å². The zero-order chi connectivity index (χ0) is 14.8. The summed E-state index contributed by atoms with van der Waals surface area (Å²) in [6.45, 7) is 4.27. The van der Waals surface area contributed by atoms with Crippen LogP contribution >= 0.6 is 0 Å². The van der Waals surface area contributed by atoms with Crippen LogP contribution in [-0.4, -0.2) is 30.6 Å². The van der Waals surface area contributed by atoms with Crippen LogP contribution in [0.25, 0.3) is 0 Å². The van der Waals surface area contributed by atoms with E-state index in [1.165, 1.54) is 50.8 Å². The molecule has 0 bridgehead atoms. The summed E-state index contributed by atoms with van der Waals surface area (Å²) in [6.07, 6.45) is 11.7. The number of nitrogens with zero attached hydrogens (tertiary/aromatic N) is 1. The lowest BCUT2D eigenvalue weighted by atomic mass is 9.62. The van der Waals surface area contributed by atoms with E-state index in [1.807, 2.05) is 0 Å². The number of ether oxygens (including phenoxy) is 1. The molecule has 0 unspecified atom stereocenters. The highest BCUT2D eigenvalue weighted by Crippen LogP contribution is 2.54. The smallest absolute Gasteiger partial charge is 0.0716 e. The minimum absolute atomic E-state index is 0.497. The zero-order valence-electron chi connectivity index (χ0n) is 13.4. The van der Waals surface area contributed by atoms with Crippen molar-refractivity contribution in [1.29, 1.82) is 0 Å². The molecular formula is C20H27NO. The number of rotatable bonds is 5. The highest BCUT2D eigenvalue weighted by atomic mass is 16.5. The van der Waals surface area contributed by atoms with Crippen LogP contribution in [0.3, 0.4) is 0 Å². The molecule has 2 fully saturated rings. The van der Waals surface area contributed by atoms with E-state index in [0.717, 1.165) is 25.2 Å². The maximum absolute atomic E-state index is 5.95. The molecule has 2 saturated heterocycles. The van der Waals surface area contributed by atoms with Crippen LogP contribution in [0.4, 0.5) is 0 Å². The zero-order valence-corrected chi connectivity index (χ0v) is 13.4. The Morgan fingerprint density at radius 3 is 2.82 bits per heavy atom. The molecule has 2 heteroatoms. The van der Waals surface area contributed by atoms with Crippen molar-refractivity contribution in [2.45, 2.75) is 44.8 Å². The van der Waals surface area contributed by atoms with Gasteiger partial charge in [-0.25, -0.2) is 0 Å². The summed E-state index contributed by atoms with van der Waals surface area (Å²) in [5.74, 6) is 0.802. The van der Waals surface area contributed by atoms with Crippen molar-refractivity contribution in [2.24, 2.45) is 11.3 Å². The third-order valence-electron chi connectivity index (χ3n) is 6.07. The molecule has 0 radical (unpaired) electrons. The molecule has 2 aliphatic heterocycles. The van der Waals surface area contributed by atoms with Crippen molar-refractivity contribution in [3.63, 3.8) is 0 Å². The lowest BCUT2D eigenvalue weighted by molar-refractivity contribution is 0.0853. The van der Waals surface area contributed by atoms with Gasteiger partial charge in [-0.3, -0.25) is 4.90 Å². The van der Waals surface area contributed by atoms with Crippen LogP contribution in [0.5, 0.6) is 0 Å². The maximum Gasteiger partial charge on any atom is 0.0716 e. The topological polar surface area (TPSA) is 12.5 Å². The minimum atomic E-state index is 0.497. The van der Waals surface area contributed by atoms with Crippen LogP contribution in [0, 0.1) is 11.3 Å². The Labute approximate surface area is 134 Å². The van der Waals surface area contributed by atoms with Gasteiger partial charge in [0.2, 0.25) is 0 Å². The molecule has 0 saturated carbocycles. The van der Waals surface area contributed by atoms with Gasteiger partial charge in [0.05, 0.1) is 6.61 Å². The van der Waals surface area contributed by atoms with Crippen LogP contribution in [-0.2, 0) is 11.3 Å². The Morgan fingerprint density at radius 2 is 2.05 bits per heavy atom. The van der Waals surface area contributed by atoms with E-state index in [-0.39, 0.29) is 0 Å².